The second kappa shape index (κ2) is 23.2. The molecule has 10 N–H and O–H groups in total. The van der Waals surface area contributed by atoms with Crippen LogP contribution in [0.1, 0.15) is 16.7 Å². The summed E-state index contributed by atoms with van der Waals surface area (Å²) in [7, 11) is -9.33. The number of nitriles is 3. The lowest BCUT2D eigenvalue weighted by molar-refractivity contribution is 0.238. The van der Waals surface area contributed by atoms with Crippen molar-refractivity contribution in [2.75, 3.05) is 55.2 Å². The first kappa shape index (κ1) is 44.7. The van der Waals surface area contributed by atoms with E-state index in [1.54, 1.807) is 72.8 Å². The van der Waals surface area contributed by atoms with E-state index in [4.69, 9.17) is 50.8 Å². The van der Waals surface area contributed by atoms with Gasteiger partial charge in [-0.25, -0.2) is 14.4 Å². The molecule has 0 aliphatic heterocycles. The lowest BCUT2D eigenvalue weighted by Crippen LogP contribution is -2.44. The van der Waals surface area contributed by atoms with Crippen molar-refractivity contribution in [3.05, 3.63) is 89.5 Å². The summed E-state index contributed by atoms with van der Waals surface area (Å²) >= 11 is 0. The van der Waals surface area contributed by atoms with E-state index >= 15 is 0 Å². The summed E-state index contributed by atoms with van der Waals surface area (Å²) in [6.07, 6.45) is 0. The zero-order valence-electron chi connectivity index (χ0n) is 27.4. The Kier molecular flexibility index (Phi) is 19.5. The maximum atomic E-state index is 12.3. The van der Waals surface area contributed by atoms with Gasteiger partial charge in [-0.2, -0.15) is 32.6 Å². The quantitative estimate of drug-likeness (QED) is 0.118. The Morgan fingerprint density at radius 3 is 0.887 bits per heavy atom. The average Bonchev–Trinajstić information content (AvgIpc) is 3.07. The van der Waals surface area contributed by atoms with Crippen LogP contribution in [-0.2, 0) is 20.8 Å². The van der Waals surface area contributed by atoms with Crippen molar-refractivity contribution < 1.29 is 49.4 Å². The molecule has 0 aliphatic carbocycles. The zero-order valence-corrected chi connectivity index (χ0v) is 29.1. The second-order valence-electron chi connectivity index (χ2n) is 9.95. The van der Waals surface area contributed by atoms with Gasteiger partial charge < -0.3 is 31.9 Å². The molecule has 53 heavy (non-hydrogen) atoms. The number of carbonyl (C=O) groups is 3. The van der Waals surface area contributed by atoms with Gasteiger partial charge in [0, 0.05) is 56.3 Å². The Bertz CT molecular complexity index is 1760. The third kappa shape index (κ3) is 24.4. The van der Waals surface area contributed by atoms with Crippen molar-refractivity contribution in [2.24, 2.45) is 0 Å². The van der Waals surface area contributed by atoms with Crippen LogP contribution in [0.25, 0.3) is 0 Å². The highest BCUT2D eigenvalue weighted by molar-refractivity contribution is 7.80. The maximum Gasteiger partial charge on any atom is 0.394 e. The largest absolute Gasteiger partial charge is 0.394 e. The minimum absolute atomic E-state index is 0.289. The smallest absolute Gasteiger partial charge is 0.337 e. The van der Waals surface area contributed by atoms with Crippen LogP contribution in [0.3, 0.4) is 0 Å². The molecule has 0 radical (unpaired) electrons. The molecule has 0 spiro atoms. The van der Waals surface area contributed by atoms with Crippen molar-refractivity contribution in [1.29, 1.82) is 15.8 Å². The van der Waals surface area contributed by atoms with Crippen LogP contribution in [0.5, 0.6) is 0 Å². The zero-order chi connectivity index (χ0) is 39.9. The Balaban J connectivity index is 0.00000124. The van der Waals surface area contributed by atoms with Crippen LogP contribution in [0.15, 0.2) is 72.8 Å². The summed E-state index contributed by atoms with van der Waals surface area (Å²) in [5, 5.41) is 43.1. The van der Waals surface area contributed by atoms with Crippen LogP contribution in [0.4, 0.5) is 31.4 Å². The van der Waals surface area contributed by atoms with Gasteiger partial charge >= 0.3 is 38.9 Å². The summed E-state index contributed by atoms with van der Waals surface area (Å²) in [6.45, 7) is 2.15. The van der Waals surface area contributed by atoms with Crippen LogP contribution < -0.4 is 31.9 Å². The molecule has 0 atom stereocenters. The number of urea groups is 3. The van der Waals surface area contributed by atoms with E-state index in [2.05, 4.69) is 31.9 Å². The Hall–Kier alpha value is -6.36. The van der Waals surface area contributed by atoms with E-state index in [0.717, 1.165) is 0 Å². The molecule has 23 heteroatoms. The minimum Gasteiger partial charge on any atom is -0.337 e. The molecule has 21 nitrogen and oxygen atoms in total. The summed E-state index contributed by atoms with van der Waals surface area (Å²) in [5.41, 5.74) is 3.09. The molecule has 0 saturated heterocycles. The molecular formula is C30H34N10O11S2. The van der Waals surface area contributed by atoms with Gasteiger partial charge in [-0.15, -0.1) is 0 Å². The van der Waals surface area contributed by atoms with E-state index < -0.39 is 38.9 Å². The standard InChI is InChI=1S/C30H30N10O3.2H2O4S/c31-19-22-1-7-25(8-2-22)37-28(41)34-13-16-40(17-14-35-29(42)38-26-9-3-23(20-32)4-10-26)18-15-36-30(43)39-27-11-5-24(21-33)6-12-27;2*1-5(2,3)4/h1-12H,13-18H2,(H2,34,37,41)(H2,35,38,42)(H2,36,39,43);2*(H2,1,2,3,4). The molecule has 0 heterocycles. The number of nitrogens with zero attached hydrogens (tertiary/aromatic N) is 4. The number of benzene rings is 3. The molecule has 3 aromatic rings. The van der Waals surface area contributed by atoms with Gasteiger partial charge in [0.15, 0.2) is 0 Å². The second-order valence-corrected chi connectivity index (χ2v) is 11.7. The van der Waals surface area contributed by atoms with Gasteiger partial charge in [-0.05, 0) is 72.8 Å². The van der Waals surface area contributed by atoms with Crippen molar-refractivity contribution >= 4 is 56.0 Å². The first-order valence-electron chi connectivity index (χ1n) is 14.7. The molecule has 0 fully saturated rings. The van der Waals surface area contributed by atoms with Crippen molar-refractivity contribution in [3.8, 4) is 18.2 Å². The molecule has 3 aromatic carbocycles. The number of amides is 6. The molecule has 0 aliphatic rings. The normalized spacial score (nSPS) is 10.2. The highest BCUT2D eigenvalue weighted by Gasteiger charge is 2.10. The van der Waals surface area contributed by atoms with Gasteiger partial charge in [0.25, 0.3) is 0 Å². The molecule has 282 valence electrons. The number of anilines is 3. The van der Waals surface area contributed by atoms with Gasteiger partial charge in [0.05, 0.1) is 34.9 Å². The third-order valence-corrected chi connectivity index (χ3v) is 5.96. The van der Waals surface area contributed by atoms with Crippen LogP contribution in [-0.4, -0.2) is 97.3 Å². The molecule has 0 aromatic heterocycles. The van der Waals surface area contributed by atoms with E-state index in [0.29, 0.717) is 53.4 Å². The lowest BCUT2D eigenvalue weighted by atomic mass is 10.2. The maximum absolute atomic E-state index is 12.3. The molecular weight excluding hydrogens is 741 g/mol. The van der Waals surface area contributed by atoms with Crippen molar-refractivity contribution in [3.63, 3.8) is 0 Å². The number of nitrogens with one attached hydrogen (secondary N) is 6. The van der Waals surface area contributed by atoms with E-state index in [1.807, 2.05) is 23.1 Å². The third-order valence-electron chi connectivity index (χ3n) is 5.96. The number of carbonyl (C=O) groups excluding carboxylic acids is 3. The van der Waals surface area contributed by atoms with Gasteiger partial charge in [0.2, 0.25) is 0 Å². The summed E-state index contributed by atoms with van der Waals surface area (Å²) < 4.78 is 63.2. The fourth-order valence-corrected chi connectivity index (χ4v) is 3.73. The summed E-state index contributed by atoms with van der Waals surface area (Å²) in [4.78, 5) is 38.9. The topological polar surface area (TPSA) is 347 Å². The number of hydrogen-bond donors (Lipinski definition) is 10. The predicted octanol–water partition coefficient (Wildman–Crippen LogP) is 2.06. The van der Waals surface area contributed by atoms with Gasteiger partial charge in [0.1, 0.15) is 0 Å². The molecule has 0 bridgehead atoms. The van der Waals surface area contributed by atoms with E-state index in [1.165, 1.54) is 0 Å². The Morgan fingerprint density at radius 2 is 0.698 bits per heavy atom. The molecule has 0 saturated carbocycles. The Morgan fingerprint density at radius 1 is 0.491 bits per heavy atom. The highest BCUT2D eigenvalue weighted by atomic mass is 32.3. The first-order chi connectivity index (χ1) is 24.9. The summed E-state index contributed by atoms with van der Waals surface area (Å²) in [6, 6.07) is 24.2. The molecule has 0 unspecified atom stereocenters. The van der Waals surface area contributed by atoms with Gasteiger partial charge in [-0.1, -0.05) is 0 Å². The first-order valence-corrected chi connectivity index (χ1v) is 17.4. The summed E-state index contributed by atoms with van der Waals surface area (Å²) in [5.74, 6) is 0. The average molecular weight is 775 g/mol. The van der Waals surface area contributed by atoms with Crippen LogP contribution in [0, 0.1) is 34.0 Å². The van der Waals surface area contributed by atoms with Gasteiger partial charge in [-0.3, -0.25) is 23.1 Å². The molecule has 6 amide bonds. The SMILES string of the molecule is N#Cc1ccc(NC(=O)NCCN(CCNC(=O)Nc2ccc(C#N)cc2)CCNC(=O)Nc2ccc(C#N)cc2)cc1.O=S(=O)(O)O.O=S(=O)(O)O. The molecule has 3 rings (SSSR count). The number of rotatable bonds is 12. The fraction of sp³-hybridized carbons (Fsp3) is 0.200. The van der Waals surface area contributed by atoms with E-state index in [-0.39, 0.29) is 19.6 Å². The minimum atomic E-state index is -4.67. The monoisotopic (exact) mass is 774 g/mol. The fourth-order valence-electron chi connectivity index (χ4n) is 3.73. The number of hydrogen-bond acceptors (Lipinski definition) is 11. The highest BCUT2D eigenvalue weighted by Crippen LogP contribution is 2.10. The van der Waals surface area contributed by atoms with Crippen molar-refractivity contribution in [2.45, 2.75) is 0 Å². The van der Waals surface area contributed by atoms with Crippen LogP contribution >= 0.6 is 0 Å². The van der Waals surface area contributed by atoms with Crippen molar-refractivity contribution in [1.82, 2.24) is 20.9 Å². The lowest BCUT2D eigenvalue weighted by Gasteiger charge is -2.23. The predicted molar refractivity (Wildman–Crippen MR) is 189 cm³/mol. The van der Waals surface area contributed by atoms with Crippen LogP contribution in [0.2, 0.25) is 0 Å². The van der Waals surface area contributed by atoms with E-state index in [9.17, 15) is 14.4 Å². The Labute approximate surface area is 304 Å².